The molecule has 0 atom stereocenters. The van der Waals surface area contributed by atoms with Crippen LogP contribution in [0.1, 0.15) is 47.2 Å². The van der Waals surface area contributed by atoms with E-state index >= 15 is 0 Å². The van der Waals surface area contributed by atoms with Crippen LogP contribution in [0.5, 0.6) is 0 Å². The smallest absolute Gasteiger partial charge is 0.258 e. The molecule has 0 amide bonds. The van der Waals surface area contributed by atoms with Crippen molar-refractivity contribution in [1.29, 1.82) is 0 Å². The molecule has 8 heteroatoms. The fourth-order valence-corrected chi connectivity index (χ4v) is 7.70. The lowest BCUT2D eigenvalue weighted by Crippen LogP contribution is -2.40. The Bertz CT molecular complexity index is 2120. The number of rotatable bonds is 4. The molecule has 0 N–H and O–H groups in total. The maximum atomic E-state index is 12.1. The molecule has 2 heterocycles. The molecule has 4 aromatic carbocycles. The van der Waals surface area contributed by atoms with Gasteiger partial charge in [-0.05, 0) is 80.9 Å². The Morgan fingerprint density at radius 1 is 0.522 bits per heavy atom. The van der Waals surface area contributed by atoms with E-state index in [1.807, 2.05) is 36.4 Å². The van der Waals surface area contributed by atoms with Gasteiger partial charge in [0.25, 0.3) is 11.4 Å². The van der Waals surface area contributed by atoms with Crippen LogP contribution in [0, 0.1) is 20.2 Å². The number of benzene rings is 4. The molecule has 0 fully saturated rings. The Morgan fingerprint density at radius 3 is 1.39 bits per heavy atom. The molecule has 222 valence electrons. The first-order chi connectivity index (χ1) is 22.2. The van der Waals surface area contributed by atoms with Crippen molar-refractivity contribution < 1.29 is 9.85 Å². The number of hydrogen-bond donors (Lipinski definition) is 0. The maximum Gasteiger partial charge on any atom is 0.277 e. The predicted octanol–water partition coefficient (Wildman–Crippen LogP) is 8.63. The number of pyridine rings is 2. The summed E-state index contributed by atoms with van der Waals surface area (Å²) in [7, 11) is 0. The molecule has 8 rings (SSSR count). The van der Waals surface area contributed by atoms with Crippen LogP contribution in [0.2, 0.25) is 0 Å². The number of nitro groups is 2. The maximum absolute atomic E-state index is 12.1. The summed E-state index contributed by atoms with van der Waals surface area (Å²) in [6, 6.07) is 33.8. The fourth-order valence-electron chi connectivity index (χ4n) is 7.70. The third kappa shape index (κ3) is 3.61. The summed E-state index contributed by atoms with van der Waals surface area (Å²) in [5.41, 5.74) is 8.70. The highest BCUT2D eigenvalue weighted by Crippen LogP contribution is 2.62. The molecule has 0 saturated carbocycles. The van der Waals surface area contributed by atoms with Gasteiger partial charge in [-0.25, -0.2) is 0 Å². The van der Waals surface area contributed by atoms with Crippen molar-refractivity contribution >= 4 is 11.4 Å². The zero-order valence-electron chi connectivity index (χ0n) is 25.0. The lowest BCUT2D eigenvalue weighted by molar-refractivity contribution is -0.384. The minimum absolute atomic E-state index is 0.0289. The SMILES string of the molecule is CC1(C)c2ccc(-c3ccccc3[N+](=O)[O-])cc2C2(c3cc(-c4ccccc4[N+](=O)[O-])ccc31)c1cccnc1-c1ncccc12. The highest BCUT2D eigenvalue weighted by atomic mass is 16.6. The standard InChI is InChI=1S/C38H26N4O4/c1-37(2)27-17-15-23(25-9-3-5-13-33(25)41(43)44)21-31(27)38(29-11-7-19-39-35(29)36-30(38)12-8-20-40-36)32-22-24(16-18-28(32)37)26-10-4-6-14-34(26)42(45)46/h3-22H,1-2H3. The van der Waals surface area contributed by atoms with Gasteiger partial charge < -0.3 is 0 Å². The quantitative estimate of drug-likeness (QED) is 0.147. The molecule has 2 aliphatic rings. The van der Waals surface area contributed by atoms with Gasteiger partial charge in [0.2, 0.25) is 0 Å². The van der Waals surface area contributed by atoms with Gasteiger partial charge in [0.05, 0.1) is 37.8 Å². The van der Waals surface area contributed by atoms with Gasteiger partial charge in [-0.2, -0.15) is 0 Å². The largest absolute Gasteiger partial charge is 0.277 e. The minimum Gasteiger partial charge on any atom is -0.258 e. The van der Waals surface area contributed by atoms with Crippen LogP contribution in [-0.4, -0.2) is 19.8 Å². The summed E-state index contributed by atoms with van der Waals surface area (Å²) in [5, 5.41) is 24.2. The third-order valence-corrected chi connectivity index (χ3v) is 9.67. The molecule has 0 radical (unpaired) electrons. The molecular weight excluding hydrogens is 576 g/mol. The van der Waals surface area contributed by atoms with Crippen LogP contribution < -0.4 is 0 Å². The van der Waals surface area contributed by atoms with E-state index in [0.717, 1.165) is 55.9 Å². The normalized spacial score (nSPS) is 14.6. The van der Waals surface area contributed by atoms with Gasteiger partial charge in [-0.15, -0.1) is 0 Å². The van der Waals surface area contributed by atoms with E-state index in [1.165, 1.54) is 12.1 Å². The van der Waals surface area contributed by atoms with Crippen molar-refractivity contribution in [2.45, 2.75) is 24.7 Å². The van der Waals surface area contributed by atoms with E-state index < -0.39 is 10.8 Å². The van der Waals surface area contributed by atoms with Gasteiger partial charge in [0.15, 0.2) is 0 Å². The van der Waals surface area contributed by atoms with Crippen molar-refractivity contribution in [2.75, 3.05) is 0 Å². The summed E-state index contributed by atoms with van der Waals surface area (Å²) in [6.07, 6.45) is 3.52. The Labute approximate surface area is 264 Å². The lowest BCUT2D eigenvalue weighted by atomic mass is 9.55. The highest BCUT2D eigenvalue weighted by molar-refractivity contribution is 5.87. The van der Waals surface area contributed by atoms with Crippen LogP contribution >= 0.6 is 0 Å². The van der Waals surface area contributed by atoms with Crippen LogP contribution in [0.15, 0.2) is 122 Å². The summed E-state index contributed by atoms with van der Waals surface area (Å²) >= 11 is 0. The van der Waals surface area contributed by atoms with E-state index in [0.29, 0.717) is 11.1 Å². The number of hydrogen-bond acceptors (Lipinski definition) is 6. The predicted molar refractivity (Wildman–Crippen MR) is 176 cm³/mol. The number of fused-ring (bicyclic) bond motifs is 9. The molecular formula is C38H26N4O4. The van der Waals surface area contributed by atoms with E-state index in [1.54, 1.807) is 36.7 Å². The summed E-state index contributed by atoms with van der Waals surface area (Å²) < 4.78 is 0. The Balaban J connectivity index is 1.53. The molecule has 1 spiro atoms. The second-order valence-electron chi connectivity index (χ2n) is 12.2. The molecule has 0 unspecified atom stereocenters. The van der Waals surface area contributed by atoms with Gasteiger partial charge >= 0.3 is 0 Å². The van der Waals surface area contributed by atoms with Crippen LogP contribution in [0.3, 0.4) is 0 Å². The van der Waals surface area contributed by atoms with Gasteiger partial charge in [0.1, 0.15) is 0 Å². The summed E-state index contributed by atoms with van der Waals surface area (Å²) in [6.45, 7) is 4.35. The Hall–Kier alpha value is -6.02. The van der Waals surface area contributed by atoms with Gasteiger partial charge in [-0.3, -0.25) is 30.2 Å². The molecule has 8 nitrogen and oxygen atoms in total. The van der Waals surface area contributed by atoms with E-state index in [-0.39, 0.29) is 21.2 Å². The molecule has 6 aromatic rings. The van der Waals surface area contributed by atoms with E-state index in [2.05, 4.69) is 50.2 Å². The van der Waals surface area contributed by atoms with Crippen molar-refractivity contribution in [3.63, 3.8) is 0 Å². The van der Waals surface area contributed by atoms with Crippen molar-refractivity contribution in [1.82, 2.24) is 9.97 Å². The number of nitrogens with zero attached hydrogens (tertiary/aromatic N) is 4. The first-order valence-electron chi connectivity index (χ1n) is 14.9. The van der Waals surface area contributed by atoms with Crippen molar-refractivity contribution in [2.24, 2.45) is 0 Å². The molecule has 46 heavy (non-hydrogen) atoms. The first-order valence-corrected chi connectivity index (χ1v) is 14.9. The second-order valence-corrected chi connectivity index (χ2v) is 12.2. The number of nitro benzene ring substituents is 2. The monoisotopic (exact) mass is 602 g/mol. The average molecular weight is 603 g/mol. The van der Waals surface area contributed by atoms with Gasteiger partial charge in [-0.1, -0.05) is 74.5 Å². The Kier molecular flexibility index (Phi) is 5.83. The van der Waals surface area contributed by atoms with Crippen molar-refractivity contribution in [3.05, 3.63) is 175 Å². The molecule has 2 aromatic heterocycles. The average Bonchev–Trinajstić information content (AvgIpc) is 3.38. The molecule has 0 aliphatic heterocycles. The van der Waals surface area contributed by atoms with Crippen LogP contribution in [-0.2, 0) is 10.8 Å². The lowest BCUT2D eigenvalue weighted by Gasteiger charge is -2.46. The van der Waals surface area contributed by atoms with Crippen LogP contribution in [0.4, 0.5) is 11.4 Å². The summed E-state index contributed by atoms with van der Waals surface area (Å²) in [5.74, 6) is 0. The summed E-state index contributed by atoms with van der Waals surface area (Å²) in [4.78, 5) is 33.2. The number of para-hydroxylation sites is 2. The molecule has 0 bridgehead atoms. The van der Waals surface area contributed by atoms with Gasteiger partial charge in [0, 0.05) is 29.9 Å². The minimum atomic E-state index is -0.896. The topological polar surface area (TPSA) is 112 Å². The highest BCUT2D eigenvalue weighted by Gasteiger charge is 2.54. The third-order valence-electron chi connectivity index (χ3n) is 9.67. The zero-order valence-corrected chi connectivity index (χ0v) is 25.0. The Morgan fingerprint density at radius 2 is 0.957 bits per heavy atom. The van der Waals surface area contributed by atoms with Crippen molar-refractivity contribution in [3.8, 4) is 33.6 Å². The fraction of sp³-hybridized carbons (Fsp3) is 0.105. The second kappa shape index (κ2) is 9.74. The molecule has 2 aliphatic carbocycles. The zero-order chi connectivity index (χ0) is 31.8. The number of aromatic nitrogens is 2. The molecule has 0 saturated heterocycles. The van der Waals surface area contributed by atoms with E-state index in [9.17, 15) is 20.2 Å². The van der Waals surface area contributed by atoms with Crippen LogP contribution in [0.25, 0.3) is 33.6 Å². The first kappa shape index (κ1) is 27.5. The van der Waals surface area contributed by atoms with E-state index in [4.69, 9.17) is 9.97 Å².